The molecule has 20 atom stereocenters. The number of ether oxygens (including phenoxy) is 5. The quantitative estimate of drug-likeness (QED) is 0.138. The standard InChI is InChI=1S/C33H45NO13/c1-10-18-20(29(6)30(7,41)27(40)47-33(29)26(10)46-33)23(44-13(4)37)19-17-14(8-16(28(18,19)5)43-12(3)36)32(11(2)35)25(39)22-15(45-22)9-31(32,42)24(34)21(17)38/h10,14-26,38-39,41-42H,8-9,34H2,1-7H3/t10-,14?,15-,16-,17?,18-,19+,20-,21+,22-,23+,24+,25-,26+,28+,29-,30+,31-,32-,33-/m0/s1. The molecule has 14 nitrogen and oxygen atoms in total. The van der Waals surface area contributed by atoms with E-state index in [4.69, 9.17) is 29.4 Å². The number of hydrogen-bond donors (Lipinski definition) is 5. The topological polar surface area (TPSA) is 228 Å². The monoisotopic (exact) mass is 663 g/mol. The Bertz CT molecular complexity index is 1500. The van der Waals surface area contributed by atoms with Crippen molar-refractivity contribution >= 4 is 23.7 Å². The number of carbonyl (C=O) groups excluding carboxylic acids is 4. The summed E-state index contributed by atoms with van der Waals surface area (Å²) in [6.45, 7) is 10.6. The number of nitrogens with two attached hydrogens (primary N) is 1. The van der Waals surface area contributed by atoms with Crippen LogP contribution in [0.3, 0.4) is 0 Å². The summed E-state index contributed by atoms with van der Waals surface area (Å²) in [5, 5.41) is 48.6. The first-order valence-corrected chi connectivity index (χ1v) is 16.7. The van der Waals surface area contributed by atoms with Gasteiger partial charge in [0.2, 0.25) is 5.79 Å². The highest BCUT2D eigenvalue weighted by Gasteiger charge is 2.93. The number of rotatable bonds is 3. The largest absolute Gasteiger partial charge is 0.462 e. The summed E-state index contributed by atoms with van der Waals surface area (Å²) in [5.41, 5.74) is -1.93. The van der Waals surface area contributed by atoms with Crippen molar-refractivity contribution < 1.29 is 63.3 Å². The van der Waals surface area contributed by atoms with Crippen molar-refractivity contribution in [3.63, 3.8) is 0 Å². The zero-order chi connectivity index (χ0) is 34.3. The SMILES string of the molecule is CC(=O)O[C@H]1[C@@H]2[C@H]([C@H](C)[C@H]3O[C@]34OC(=O)[C@@](C)(O)[C@]24C)[C@@]2(C)[C@@H](OC(C)=O)CC3C([C@@H](O)[C@@H](N)[C@@]4(O)C[C@@H]5O[C@@H]5[C@H](O)[C@]34C(C)=O)[C@H]12. The molecule has 5 aliphatic carbocycles. The molecule has 8 aliphatic rings. The smallest absolute Gasteiger partial charge is 0.341 e. The van der Waals surface area contributed by atoms with Gasteiger partial charge in [0.15, 0.2) is 5.60 Å². The van der Waals surface area contributed by atoms with Gasteiger partial charge in [0, 0.05) is 37.5 Å². The first kappa shape index (κ1) is 32.0. The van der Waals surface area contributed by atoms with Crippen molar-refractivity contribution in [3.8, 4) is 0 Å². The molecule has 0 radical (unpaired) electrons. The zero-order valence-electron chi connectivity index (χ0n) is 27.5. The highest BCUT2D eigenvalue weighted by Crippen LogP contribution is 2.81. The molecule has 14 heteroatoms. The van der Waals surface area contributed by atoms with Crippen molar-refractivity contribution in [2.24, 2.45) is 57.5 Å². The minimum atomic E-state index is -2.09. The summed E-state index contributed by atoms with van der Waals surface area (Å²) < 4.78 is 30.1. The number of fused-ring (bicyclic) bond motifs is 9. The Morgan fingerprint density at radius 2 is 1.62 bits per heavy atom. The lowest BCUT2D eigenvalue weighted by molar-refractivity contribution is -0.284. The lowest BCUT2D eigenvalue weighted by atomic mass is 9.38. The van der Waals surface area contributed by atoms with Crippen LogP contribution >= 0.6 is 0 Å². The molecule has 0 aromatic heterocycles. The fourth-order valence-electron chi connectivity index (χ4n) is 13.2. The van der Waals surface area contributed by atoms with Crippen molar-refractivity contribution in [2.75, 3.05) is 0 Å². The maximum atomic E-state index is 14.1. The van der Waals surface area contributed by atoms with Crippen LogP contribution in [0.1, 0.15) is 61.3 Å². The van der Waals surface area contributed by atoms with Crippen LogP contribution in [-0.4, -0.2) is 110 Å². The van der Waals surface area contributed by atoms with E-state index in [1.165, 1.54) is 27.7 Å². The van der Waals surface area contributed by atoms with Crippen LogP contribution in [0, 0.1) is 51.8 Å². The second-order valence-corrected chi connectivity index (χ2v) is 16.4. The molecule has 0 bridgehead atoms. The Morgan fingerprint density at radius 1 is 0.979 bits per heavy atom. The zero-order valence-corrected chi connectivity index (χ0v) is 27.5. The lowest BCUT2D eigenvalue weighted by Crippen LogP contribution is -2.82. The molecule has 0 amide bonds. The van der Waals surface area contributed by atoms with Crippen LogP contribution in [0.4, 0.5) is 0 Å². The third-order valence-corrected chi connectivity index (χ3v) is 15.0. The molecule has 6 N–H and O–H groups in total. The van der Waals surface area contributed by atoms with Crippen molar-refractivity contribution in [1.82, 2.24) is 0 Å². The average Bonchev–Trinajstić information content (AvgIpc) is 3.86. The first-order valence-electron chi connectivity index (χ1n) is 16.7. The molecule has 3 saturated heterocycles. The maximum absolute atomic E-state index is 14.1. The van der Waals surface area contributed by atoms with Gasteiger partial charge in [-0.2, -0.15) is 0 Å². The van der Waals surface area contributed by atoms with Gasteiger partial charge in [-0.3, -0.25) is 14.4 Å². The Kier molecular flexibility index (Phi) is 6.08. The second-order valence-electron chi connectivity index (χ2n) is 16.4. The van der Waals surface area contributed by atoms with E-state index in [0.29, 0.717) is 0 Å². The lowest BCUT2D eigenvalue weighted by Gasteiger charge is -2.67. The van der Waals surface area contributed by atoms with Crippen LogP contribution < -0.4 is 5.73 Å². The van der Waals surface area contributed by atoms with Gasteiger partial charge < -0.3 is 49.8 Å². The average molecular weight is 664 g/mol. The van der Waals surface area contributed by atoms with Gasteiger partial charge in [0.05, 0.1) is 35.2 Å². The molecule has 3 aliphatic heterocycles. The second kappa shape index (κ2) is 8.93. The molecular formula is C33H45NO13. The molecule has 2 unspecified atom stereocenters. The number of esters is 3. The summed E-state index contributed by atoms with van der Waals surface area (Å²) in [7, 11) is 0. The van der Waals surface area contributed by atoms with Crippen molar-refractivity contribution in [1.29, 1.82) is 0 Å². The summed E-state index contributed by atoms with van der Waals surface area (Å²) >= 11 is 0. The number of ketones is 1. The van der Waals surface area contributed by atoms with E-state index < -0.39 is 135 Å². The van der Waals surface area contributed by atoms with Gasteiger partial charge in [-0.15, -0.1) is 0 Å². The molecule has 8 rings (SSSR count). The van der Waals surface area contributed by atoms with E-state index in [9.17, 15) is 39.6 Å². The number of hydrogen-bond acceptors (Lipinski definition) is 14. The summed E-state index contributed by atoms with van der Waals surface area (Å²) in [6.07, 6.45) is -7.12. The normalized spacial score (nSPS) is 62.3. The van der Waals surface area contributed by atoms with Gasteiger partial charge in [0.1, 0.15) is 35.8 Å². The van der Waals surface area contributed by atoms with Crippen molar-refractivity contribution in [3.05, 3.63) is 0 Å². The highest BCUT2D eigenvalue weighted by molar-refractivity contribution is 5.87. The van der Waals surface area contributed by atoms with Gasteiger partial charge in [-0.05, 0) is 50.9 Å². The Labute approximate surface area is 271 Å². The van der Waals surface area contributed by atoms with Crippen LogP contribution in [0.15, 0.2) is 0 Å². The van der Waals surface area contributed by atoms with E-state index in [1.807, 2.05) is 13.8 Å². The predicted octanol–water partition coefficient (Wildman–Crippen LogP) is -1.05. The third-order valence-electron chi connectivity index (χ3n) is 15.0. The van der Waals surface area contributed by atoms with Crippen LogP contribution in [-0.2, 0) is 42.9 Å². The summed E-state index contributed by atoms with van der Waals surface area (Å²) in [6, 6.07) is -1.42. The number of carbonyl (C=O) groups is 4. The van der Waals surface area contributed by atoms with E-state index in [-0.39, 0.29) is 18.8 Å². The molecule has 3 heterocycles. The van der Waals surface area contributed by atoms with E-state index in [0.717, 1.165) is 0 Å². The molecule has 0 aromatic carbocycles. The predicted molar refractivity (Wildman–Crippen MR) is 154 cm³/mol. The summed E-state index contributed by atoms with van der Waals surface area (Å²) in [4.78, 5) is 53.3. The molecule has 260 valence electrons. The molecule has 1 spiro atoms. The van der Waals surface area contributed by atoms with E-state index in [1.54, 1.807) is 6.92 Å². The number of Topliss-reactive ketones (excluding diaryl/α,β-unsaturated/α-hetero) is 1. The third kappa shape index (κ3) is 3.15. The van der Waals surface area contributed by atoms with Crippen LogP contribution in [0.25, 0.3) is 0 Å². The first-order chi connectivity index (χ1) is 21.7. The van der Waals surface area contributed by atoms with E-state index >= 15 is 0 Å². The van der Waals surface area contributed by atoms with Gasteiger partial charge in [0.25, 0.3) is 0 Å². The molecule has 0 aromatic rings. The van der Waals surface area contributed by atoms with Crippen molar-refractivity contribution in [2.45, 2.75) is 127 Å². The fraction of sp³-hybridized carbons (Fsp3) is 0.879. The Morgan fingerprint density at radius 3 is 2.21 bits per heavy atom. The molecule has 8 fully saturated rings. The minimum absolute atomic E-state index is 0.0424. The molecule has 47 heavy (non-hydrogen) atoms. The van der Waals surface area contributed by atoms with Crippen LogP contribution in [0.5, 0.6) is 0 Å². The van der Waals surface area contributed by atoms with E-state index in [2.05, 4.69) is 0 Å². The van der Waals surface area contributed by atoms with Gasteiger partial charge in [-0.25, -0.2) is 4.79 Å². The van der Waals surface area contributed by atoms with Gasteiger partial charge in [-0.1, -0.05) is 13.8 Å². The number of aliphatic hydroxyl groups is 4. The van der Waals surface area contributed by atoms with Crippen LogP contribution in [0.2, 0.25) is 0 Å². The Balaban J connectivity index is 1.39. The maximum Gasteiger partial charge on any atom is 0.341 e. The Hall–Kier alpha value is -2.20. The minimum Gasteiger partial charge on any atom is -0.462 e. The molecular weight excluding hydrogens is 618 g/mol. The summed E-state index contributed by atoms with van der Waals surface area (Å²) in [5.74, 6) is -8.85. The number of epoxide rings is 2. The highest BCUT2D eigenvalue weighted by atomic mass is 16.8. The molecule has 5 saturated carbocycles. The van der Waals surface area contributed by atoms with Gasteiger partial charge >= 0.3 is 17.9 Å². The number of aliphatic hydroxyl groups excluding tert-OH is 2. The fourth-order valence-corrected chi connectivity index (χ4v) is 13.2.